The Morgan fingerprint density at radius 1 is 1.47 bits per heavy atom. The predicted octanol–water partition coefficient (Wildman–Crippen LogP) is 3.28. The van der Waals surface area contributed by atoms with Crippen LogP contribution in [-0.2, 0) is 4.74 Å². The van der Waals surface area contributed by atoms with E-state index < -0.39 is 0 Å². The first kappa shape index (κ1) is 10.5. The van der Waals surface area contributed by atoms with Gasteiger partial charge >= 0.3 is 0 Å². The summed E-state index contributed by atoms with van der Waals surface area (Å²) >= 11 is 0. The van der Waals surface area contributed by atoms with Gasteiger partial charge in [-0.2, -0.15) is 0 Å². The van der Waals surface area contributed by atoms with Crippen LogP contribution in [0.2, 0.25) is 0 Å². The molecule has 2 heteroatoms. The normalized spacial score (nSPS) is 24.5. The molecule has 1 aromatic rings. The van der Waals surface area contributed by atoms with Crippen LogP contribution in [0.15, 0.2) is 18.2 Å². The van der Waals surface area contributed by atoms with Crippen molar-refractivity contribution >= 4 is 5.69 Å². The van der Waals surface area contributed by atoms with Gasteiger partial charge in [-0.05, 0) is 38.8 Å². The fourth-order valence-electron chi connectivity index (χ4n) is 2.21. The van der Waals surface area contributed by atoms with Gasteiger partial charge in [0.15, 0.2) is 0 Å². The first-order chi connectivity index (χ1) is 7.20. The molecule has 0 amide bonds. The summed E-state index contributed by atoms with van der Waals surface area (Å²) in [6.07, 6.45) is 1.33. The maximum absolute atomic E-state index is 5.78. The van der Waals surface area contributed by atoms with E-state index in [0.29, 0.717) is 6.04 Å². The smallest absolute Gasteiger partial charge is 0.0864 e. The second kappa shape index (κ2) is 4.23. The van der Waals surface area contributed by atoms with Crippen LogP contribution in [0.3, 0.4) is 0 Å². The van der Waals surface area contributed by atoms with Crippen LogP contribution in [0, 0.1) is 6.92 Å². The maximum atomic E-state index is 5.78. The van der Waals surface area contributed by atoms with E-state index in [0.717, 1.165) is 13.0 Å². The second-order valence-electron chi connectivity index (χ2n) is 4.32. The van der Waals surface area contributed by atoms with Crippen molar-refractivity contribution in [3.05, 3.63) is 29.3 Å². The average Bonchev–Trinajstić information content (AvgIpc) is 2.17. The van der Waals surface area contributed by atoms with Gasteiger partial charge in [0.05, 0.1) is 6.10 Å². The Hall–Kier alpha value is -1.02. The molecular weight excluding hydrogens is 186 g/mol. The van der Waals surface area contributed by atoms with Gasteiger partial charge < -0.3 is 10.1 Å². The van der Waals surface area contributed by atoms with Crippen molar-refractivity contribution in [1.29, 1.82) is 0 Å². The third-order valence-corrected chi connectivity index (χ3v) is 2.89. The van der Waals surface area contributed by atoms with E-state index in [4.69, 9.17) is 4.74 Å². The highest BCUT2D eigenvalue weighted by Crippen LogP contribution is 2.35. The summed E-state index contributed by atoms with van der Waals surface area (Å²) in [5.74, 6) is 0. The van der Waals surface area contributed by atoms with Gasteiger partial charge in [-0.25, -0.2) is 0 Å². The minimum Gasteiger partial charge on any atom is -0.382 e. The van der Waals surface area contributed by atoms with E-state index in [1.807, 2.05) is 0 Å². The number of hydrogen-bond donors (Lipinski definition) is 1. The van der Waals surface area contributed by atoms with Crippen molar-refractivity contribution in [2.45, 2.75) is 39.3 Å². The summed E-state index contributed by atoms with van der Waals surface area (Å²) in [5, 5.41) is 3.51. The van der Waals surface area contributed by atoms with Crippen LogP contribution in [0.25, 0.3) is 0 Å². The second-order valence-corrected chi connectivity index (χ2v) is 4.32. The minimum absolute atomic E-state index is 0.266. The Balaban J connectivity index is 2.33. The van der Waals surface area contributed by atoms with Crippen molar-refractivity contribution in [1.82, 2.24) is 0 Å². The van der Waals surface area contributed by atoms with Crippen molar-refractivity contribution in [3.8, 4) is 0 Å². The number of nitrogens with one attached hydrogen (secondary N) is 1. The van der Waals surface area contributed by atoms with Gasteiger partial charge in [0.2, 0.25) is 0 Å². The number of ether oxygens (including phenoxy) is 1. The Bertz CT molecular complexity index is 348. The van der Waals surface area contributed by atoms with Gasteiger partial charge in [0, 0.05) is 23.9 Å². The van der Waals surface area contributed by atoms with Crippen LogP contribution in [0.1, 0.15) is 37.5 Å². The molecular formula is C13H19NO. The average molecular weight is 205 g/mol. The van der Waals surface area contributed by atoms with Gasteiger partial charge in [-0.15, -0.1) is 0 Å². The van der Waals surface area contributed by atoms with Gasteiger partial charge in [0.1, 0.15) is 0 Å². The third kappa shape index (κ3) is 2.15. The molecule has 0 saturated heterocycles. The standard InChI is InChI=1S/C13H19NO/c1-4-15-13-8-10(3)14-12-7-9(2)5-6-11(12)13/h5-7,10,13-14H,4,8H2,1-3H3/t10-,13+/m1/s1. The Morgan fingerprint density at radius 3 is 3.00 bits per heavy atom. The van der Waals surface area contributed by atoms with E-state index in [-0.39, 0.29) is 6.10 Å². The van der Waals surface area contributed by atoms with E-state index >= 15 is 0 Å². The van der Waals surface area contributed by atoms with Crippen molar-refractivity contribution < 1.29 is 4.74 Å². The SMILES string of the molecule is CCO[C@H]1C[C@@H](C)Nc2cc(C)ccc21. The van der Waals surface area contributed by atoms with Crippen LogP contribution in [-0.4, -0.2) is 12.6 Å². The van der Waals surface area contributed by atoms with Crippen LogP contribution < -0.4 is 5.32 Å². The lowest BCUT2D eigenvalue weighted by Crippen LogP contribution is -2.26. The quantitative estimate of drug-likeness (QED) is 0.800. The summed E-state index contributed by atoms with van der Waals surface area (Å²) in [7, 11) is 0. The zero-order valence-corrected chi connectivity index (χ0v) is 9.71. The molecule has 1 aromatic carbocycles. The molecule has 0 aromatic heterocycles. The van der Waals surface area contributed by atoms with Crippen molar-refractivity contribution in [2.24, 2.45) is 0 Å². The number of hydrogen-bond acceptors (Lipinski definition) is 2. The Labute approximate surface area is 91.6 Å². The Kier molecular flexibility index (Phi) is 2.96. The zero-order valence-electron chi connectivity index (χ0n) is 9.71. The van der Waals surface area contributed by atoms with Crippen molar-refractivity contribution in [2.75, 3.05) is 11.9 Å². The molecule has 0 unspecified atom stereocenters. The molecule has 0 radical (unpaired) electrons. The molecule has 1 aliphatic rings. The molecule has 0 fully saturated rings. The van der Waals surface area contributed by atoms with Crippen molar-refractivity contribution in [3.63, 3.8) is 0 Å². The molecule has 0 saturated carbocycles. The predicted molar refractivity (Wildman–Crippen MR) is 63.2 cm³/mol. The maximum Gasteiger partial charge on any atom is 0.0864 e. The summed E-state index contributed by atoms with van der Waals surface area (Å²) in [6.45, 7) is 7.17. The lowest BCUT2D eigenvalue weighted by atomic mass is 9.95. The van der Waals surface area contributed by atoms with E-state index in [1.165, 1.54) is 16.8 Å². The largest absolute Gasteiger partial charge is 0.382 e. The summed E-state index contributed by atoms with van der Waals surface area (Å²) in [6, 6.07) is 7.04. The molecule has 1 aliphatic heterocycles. The van der Waals surface area contributed by atoms with Gasteiger partial charge in [0.25, 0.3) is 0 Å². The molecule has 0 spiro atoms. The first-order valence-electron chi connectivity index (χ1n) is 5.69. The highest BCUT2D eigenvalue weighted by molar-refractivity contribution is 5.56. The minimum atomic E-state index is 0.266. The summed E-state index contributed by atoms with van der Waals surface area (Å²) in [5.41, 5.74) is 3.85. The summed E-state index contributed by atoms with van der Waals surface area (Å²) in [4.78, 5) is 0. The molecule has 0 bridgehead atoms. The van der Waals surface area contributed by atoms with Crippen LogP contribution in [0.4, 0.5) is 5.69 Å². The topological polar surface area (TPSA) is 21.3 Å². The molecule has 2 rings (SSSR count). The molecule has 0 aliphatic carbocycles. The number of rotatable bonds is 2. The summed E-state index contributed by atoms with van der Waals surface area (Å²) < 4.78 is 5.78. The van der Waals surface area contributed by atoms with Crippen LogP contribution in [0.5, 0.6) is 0 Å². The van der Waals surface area contributed by atoms with E-state index in [2.05, 4.69) is 44.3 Å². The molecule has 15 heavy (non-hydrogen) atoms. The number of anilines is 1. The fraction of sp³-hybridized carbons (Fsp3) is 0.538. The van der Waals surface area contributed by atoms with E-state index in [1.54, 1.807) is 0 Å². The zero-order chi connectivity index (χ0) is 10.8. The number of aryl methyl sites for hydroxylation is 1. The van der Waals surface area contributed by atoms with E-state index in [9.17, 15) is 0 Å². The highest BCUT2D eigenvalue weighted by atomic mass is 16.5. The molecule has 82 valence electrons. The number of benzene rings is 1. The third-order valence-electron chi connectivity index (χ3n) is 2.89. The van der Waals surface area contributed by atoms with Gasteiger partial charge in [-0.1, -0.05) is 12.1 Å². The van der Waals surface area contributed by atoms with Crippen LogP contribution >= 0.6 is 0 Å². The lowest BCUT2D eigenvalue weighted by Gasteiger charge is -2.31. The molecule has 2 atom stereocenters. The van der Waals surface area contributed by atoms with Gasteiger partial charge in [-0.3, -0.25) is 0 Å². The Morgan fingerprint density at radius 2 is 2.27 bits per heavy atom. The molecule has 2 nitrogen and oxygen atoms in total. The monoisotopic (exact) mass is 205 g/mol. The molecule has 1 N–H and O–H groups in total. The number of fused-ring (bicyclic) bond motifs is 1. The lowest BCUT2D eigenvalue weighted by molar-refractivity contribution is 0.0512. The highest BCUT2D eigenvalue weighted by Gasteiger charge is 2.24. The fourth-order valence-corrected chi connectivity index (χ4v) is 2.21. The molecule has 1 heterocycles. The first-order valence-corrected chi connectivity index (χ1v) is 5.69.